The molecule has 0 aromatic carbocycles. The van der Waals surface area contributed by atoms with Gasteiger partial charge in [0, 0.05) is 32.0 Å². The highest BCUT2D eigenvalue weighted by Gasteiger charge is 2.27. The van der Waals surface area contributed by atoms with Crippen LogP contribution in [-0.4, -0.2) is 81.1 Å². The maximum atomic E-state index is 13.2. The third-order valence-corrected chi connectivity index (χ3v) is 5.68. The van der Waals surface area contributed by atoms with E-state index < -0.39 is 0 Å². The number of fused-ring (bicyclic) bond motifs is 1. The number of methoxy groups -OCH3 is 1. The van der Waals surface area contributed by atoms with Gasteiger partial charge in [0.1, 0.15) is 12.7 Å². The molecule has 0 N–H and O–H groups in total. The molecule has 1 saturated heterocycles. The Balaban J connectivity index is 1.43. The monoisotopic (exact) mass is 458 g/mol. The van der Waals surface area contributed by atoms with Crippen LogP contribution in [0.4, 0.5) is 0 Å². The highest BCUT2D eigenvalue weighted by atomic mass is 32.2. The van der Waals surface area contributed by atoms with Gasteiger partial charge in [-0.05, 0) is 20.1 Å². The van der Waals surface area contributed by atoms with Crippen LogP contribution in [0.2, 0.25) is 0 Å². The first kappa shape index (κ1) is 22.4. The number of hydrogen-bond donors (Lipinski definition) is 0. The smallest absolute Gasteiger partial charge is 0.257 e. The van der Waals surface area contributed by atoms with E-state index in [1.54, 1.807) is 28.8 Å². The maximum absolute atomic E-state index is 13.2. The number of nitrogens with zero attached hydrogens (tertiary/aromatic N) is 6. The minimum Gasteiger partial charge on any atom is -0.475 e. The normalized spacial score (nSPS) is 16.5. The zero-order chi connectivity index (χ0) is 22.7. The average molecular weight is 459 g/mol. The fourth-order valence-corrected chi connectivity index (χ4v) is 3.95. The molecule has 1 aliphatic rings. The van der Waals surface area contributed by atoms with Gasteiger partial charge in [0.2, 0.25) is 5.88 Å². The Hall–Kier alpha value is -2.76. The molecule has 1 unspecified atom stereocenters. The third-order valence-electron chi connectivity index (χ3n) is 5.13. The fourth-order valence-electron chi connectivity index (χ4n) is 3.56. The van der Waals surface area contributed by atoms with Crippen LogP contribution in [0.1, 0.15) is 27.4 Å². The summed E-state index contributed by atoms with van der Waals surface area (Å²) in [6.45, 7) is 5.79. The summed E-state index contributed by atoms with van der Waals surface area (Å²) in [5, 5.41) is 5.04. The second kappa shape index (κ2) is 9.80. The number of hydrogen-bond acceptors (Lipinski definition) is 9. The summed E-state index contributed by atoms with van der Waals surface area (Å²) in [7, 11) is 1.62. The molecule has 0 saturated carbocycles. The van der Waals surface area contributed by atoms with Crippen LogP contribution in [0.15, 0.2) is 23.5 Å². The van der Waals surface area contributed by atoms with Crippen molar-refractivity contribution in [2.45, 2.75) is 31.7 Å². The topological polar surface area (TPSA) is 104 Å². The predicted octanol–water partition coefficient (Wildman–Crippen LogP) is 1.92. The molecule has 32 heavy (non-hydrogen) atoms. The van der Waals surface area contributed by atoms with Crippen molar-refractivity contribution in [2.75, 3.05) is 39.7 Å². The van der Waals surface area contributed by atoms with Crippen molar-refractivity contribution in [3.05, 3.63) is 41.0 Å². The Bertz CT molecular complexity index is 1120. The number of rotatable bonds is 7. The van der Waals surface area contributed by atoms with Crippen LogP contribution in [0.25, 0.3) is 5.65 Å². The van der Waals surface area contributed by atoms with Crippen LogP contribution < -0.4 is 4.74 Å². The van der Waals surface area contributed by atoms with E-state index in [0.29, 0.717) is 42.9 Å². The summed E-state index contributed by atoms with van der Waals surface area (Å²) in [4.78, 5) is 28.1. The molecule has 170 valence electrons. The van der Waals surface area contributed by atoms with Crippen molar-refractivity contribution in [3.8, 4) is 5.88 Å². The number of morpholine rings is 1. The Morgan fingerprint density at radius 1 is 1.31 bits per heavy atom. The first-order valence-electron chi connectivity index (χ1n) is 10.2. The number of carbonyl (C=O) groups is 1. The zero-order valence-electron chi connectivity index (χ0n) is 18.6. The summed E-state index contributed by atoms with van der Waals surface area (Å²) in [6, 6.07) is 3.64. The van der Waals surface area contributed by atoms with Crippen molar-refractivity contribution >= 4 is 23.3 Å². The molecule has 10 nitrogen and oxygen atoms in total. The van der Waals surface area contributed by atoms with Gasteiger partial charge in [0.05, 0.1) is 42.4 Å². The number of ether oxygens (including phenoxy) is 3. The number of aryl methyl sites for hydroxylation is 2. The molecule has 3 aromatic rings. The van der Waals surface area contributed by atoms with Gasteiger partial charge in [-0.3, -0.25) is 4.79 Å². The first-order chi connectivity index (χ1) is 15.5. The minimum absolute atomic E-state index is 0.0903. The first-order valence-corrected chi connectivity index (χ1v) is 11.5. The fraction of sp³-hybridized carbons (Fsp3) is 0.476. The number of amides is 1. The molecule has 0 radical (unpaired) electrons. The SMILES string of the molecule is COCc1cc(OCC2CN(C(=O)c3cnc4cc(C)nn4c3C)CCO2)nc(SC)n1. The quantitative estimate of drug-likeness (QED) is 0.388. The van der Waals surface area contributed by atoms with E-state index in [0.717, 1.165) is 22.7 Å². The molecule has 4 rings (SSSR count). The van der Waals surface area contributed by atoms with Gasteiger partial charge >= 0.3 is 0 Å². The van der Waals surface area contributed by atoms with Crippen molar-refractivity contribution < 1.29 is 19.0 Å². The van der Waals surface area contributed by atoms with Crippen LogP contribution in [0.5, 0.6) is 5.88 Å². The Morgan fingerprint density at radius 3 is 2.94 bits per heavy atom. The van der Waals surface area contributed by atoms with Gasteiger partial charge in [-0.25, -0.2) is 14.5 Å². The molecule has 11 heteroatoms. The van der Waals surface area contributed by atoms with E-state index in [1.807, 2.05) is 26.2 Å². The lowest BCUT2D eigenvalue weighted by molar-refractivity contribution is -0.0408. The average Bonchev–Trinajstić information content (AvgIpc) is 3.19. The molecular weight excluding hydrogens is 432 g/mol. The molecule has 0 spiro atoms. The Kier molecular flexibility index (Phi) is 6.87. The van der Waals surface area contributed by atoms with E-state index in [4.69, 9.17) is 14.2 Å². The van der Waals surface area contributed by atoms with Crippen LogP contribution >= 0.6 is 11.8 Å². The summed E-state index contributed by atoms with van der Waals surface area (Å²) >= 11 is 1.43. The standard InChI is InChI=1S/C21H26N6O4S/c1-13-7-18-22-9-17(14(2)27(18)25-13)20(28)26-5-6-30-16(10-26)12-31-19-8-15(11-29-3)23-21(24-19)32-4/h7-9,16H,5-6,10-12H2,1-4H3. The highest BCUT2D eigenvalue weighted by molar-refractivity contribution is 7.98. The van der Waals surface area contributed by atoms with Gasteiger partial charge in [0.15, 0.2) is 10.8 Å². The third kappa shape index (κ3) is 4.84. The molecule has 0 bridgehead atoms. The van der Waals surface area contributed by atoms with Crippen LogP contribution in [0, 0.1) is 13.8 Å². The van der Waals surface area contributed by atoms with Gasteiger partial charge in [-0.2, -0.15) is 10.1 Å². The van der Waals surface area contributed by atoms with Crippen LogP contribution in [0.3, 0.4) is 0 Å². The van der Waals surface area contributed by atoms with E-state index in [2.05, 4.69) is 20.1 Å². The summed E-state index contributed by atoms with van der Waals surface area (Å²) in [6.07, 6.45) is 3.26. The molecule has 4 heterocycles. The summed E-state index contributed by atoms with van der Waals surface area (Å²) in [5.41, 5.74) is 3.63. The lowest BCUT2D eigenvalue weighted by Gasteiger charge is -2.33. The van der Waals surface area contributed by atoms with Crippen molar-refractivity contribution in [2.24, 2.45) is 0 Å². The summed E-state index contributed by atoms with van der Waals surface area (Å²) < 4.78 is 18.6. The zero-order valence-corrected chi connectivity index (χ0v) is 19.4. The van der Waals surface area contributed by atoms with E-state index in [9.17, 15) is 4.79 Å². The van der Waals surface area contributed by atoms with E-state index >= 15 is 0 Å². The van der Waals surface area contributed by atoms with Gasteiger partial charge in [0.25, 0.3) is 5.91 Å². The number of aromatic nitrogens is 5. The second-order valence-electron chi connectivity index (χ2n) is 7.49. The molecule has 1 aliphatic heterocycles. The Morgan fingerprint density at radius 2 is 2.16 bits per heavy atom. The van der Waals surface area contributed by atoms with Gasteiger partial charge in [-0.1, -0.05) is 11.8 Å². The number of carbonyl (C=O) groups excluding carboxylic acids is 1. The van der Waals surface area contributed by atoms with Crippen molar-refractivity contribution in [1.82, 2.24) is 29.5 Å². The second-order valence-corrected chi connectivity index (χ2v) is 8.26. The Labute approximate surface area is 190 Å². The molecule has 0 aliphatic carbocycles. The number of thioether (sulfide) groups is 1. The molecular formula is C21H26N6O4S. The molecule has 1 atom stereocenters. The highest BCUT2D eigenvalue weighted by Crippen LogP contribution is 2.19. The lowest BCUT2D eigenvalue weighted by atomic mass is 10.2. The summed E-state index contributed by atoms with van der Waals surface area (Å²) in [5.74, 6) is 0.371. The molecule has 1 fully saturated rings. The van der Waals surface area contributed by atoms with Crippen molar-refractivity contribution in [1.29, 1.82) is 0 Å². The molecule has 1 amide bonds. The van der Waals surface area contributed by atoms with Gasteiger partial charge in [-0.15, -0.1) is 0 Å². The largest absolute Gasteiger partial charge is 0.475 e. The van der Waals surface area contributed by atoms with E-state index in [-0.39, 0.29) is 18.6 Å². The van der Waals surface area contributed by atoms with Crippen molar-refractivity contribution in [3.63, 3.8) is 0 Å². The minimum atomic E-state index is -0.268. The lowest BCUT2D eigenvalue weighted by Crippen LogP contribution is -2.48. The molecule has 3 aromatic heterocycles. The predicted molar refractivity (Wildman–Crippen MR) is 118 cm³/mol. The van der Waals surface area contributed by atoms with Gasteiger partial charge < -0.3 is 19.1 Å². The van der Waals surface area contributed by atoms with Crippen LogP contribution in [-0.2, 0) is 16.1 Å². The van der Waals surface area contributed by atoms with E-state index in [1.165, 1.54) is 11.8 Å². The maximum Gasteiger partial charge on any atom is 0.257 e.